The van der Waals surface area contributed by atoms with Crippen molar-refractivity contribution in [1.29, 1.82) is 0 Å². The molecule has 1 saturated heterocycles. The van der Waals surface area contributed by atoms with Gasteiger partial charge in [0.25, 0.3) is 0 Å². The molecular formula is C21H26O4S. The van der Waals surface area contributed by atoms with E-state index in [0.29, 0.717) is 19.8 Å². The Hall–Kier alpha value is -1.69. The van der Waals surface area contributed by atoms with Gasteiger partial charge in [0.2, 0.25) is 0 Å². The van der Waals surface area contributed by atoms with E-state index in [2.05, 4.69) is 0 Å². The van der Waals surface area contributed by atoms with Gasteiger partial charge in [0, 0.05) is 0 Å². The van der Waals surface area contributed by atoms with Gasteiger partial charge in [-0.15, -0.1) is 11.8 Å². The van der Waals surface area contributed by atoms with Crippen molar-refractivity contribution < 1.29 is 18.9 Å². The predicted molar refractivity (Wildman–Crippen MR) is 105 cm³/mol. The van der Waals surface area contributed by atoms with E-state index >= 15 is 0 Å². The maximum Gasteiger partial charge on any atom is 0.137 e. The molecule has 0 radical (unpaired) electrons. The Balaban J connectivity index is 1.51. The second-order valence-corrected chi connectivity index (χ2v) is 7.78. The van der Waals surface area contributed by atoms with Gasteiger partial charge in [-0.3, -0.25) is 0 Å². The average Bonchev–Trinajstić information content (AvgIpc) is 3.16. The molecule has 5 heteroatoms. The number of benzene rings is 2. The van der Waals surface area contributed by atoms with E-state index < -0.39 is 0 Å². The van der Waals surface area contributed by atoms with Crippen LogP contribution in [0.25, 0.3) is 0 Å². The Labute approximate surface area is 159 Å². The lowest BCUT2D eigenvalue weighted by atomic mass is 10.2. The van der Waals surface area contributed by atoms with Gasteiger partial charge in [-0.25, -0.2) is 0 Å². The van der Waals surface area contributed by atoms with Crippen LogP contribution in [0.4, 0.5) is 0 Å². The van der Waals surface area contributed by atoms with E-state index in [1.807, 2.05) is 60.3 Å². The van der Waals surface area contributed by atoms with Crippen molar-refractivity contribution in [3.63, 3.8) is 0 Å². The summed E-state index contributed by atoms with van der Waals surface area (Å²) in [5.74, 6) is 2.84. The first-order chi connectivity index (χ1) is 12.7. The smallest absolute Gasteiger partial charge is 0.137 e. The Morgan fingerprint density at radius 2 is 1.42 bits per heavy atom. The molecule has 140 valence electrons. The molecule has 1 aliphatic heterocycles. The topological polar surface area (TPSA) is 36.9 Å². The summed E-state index contributed by atoms with van der Waals surface area (Å²) >= 11 is 1.87. The van der Waals surface area contributed by atoms with Crippen LogP contribution in [0.3, 0.4) is 0 Å². The van der Waals surface area contributed by atoms with E-state index in [0.717, 1.165) is 34.8 Å². The standard InChI is InChI=1S/C21H26O4S/c1-22-19-8-4-17(5-9-19)14-24-16-21(12-3-13-26-21)25-15-18-6-10-20(23-2)11-7-18/h4-11H,3,12-16H2,1-2H3. The van der Waals surface area contributed by atoms with Crippen molar-refractivity contribution >= 4 is 11.8 Å². The number of ether oxygens (including phenoxy) is 4. The molecule has 1 heterocycles. The molecule has 0 N–H and O–H groups in total. The Bertz CT molecular complexity index is 663. The van der Waals surface area contributed by atoms with Gasteiger partial charge in [0.05, 0.1) is 34.0 Å². The Morgan fingerprint density at radius 3 is 1.92 bits per heavy atom. The normalized spacial score (nSPS) is 19.5. The zero-order chi connectivity index (χ0) is 18.2. The van der Waals surface area contributed by atoms with E-state index in [1.54, 1.807) is 14.2 Å². The first kappa shape index (κ1) is 19.1. The van der Waals surface area contributed by atoms with Gasteiger partial charge in [0.15, 0.2) is 0 Å². The lowest BCUT2D eigenvalue weighted by Gasteiger charge is -2.28. The monoisotopic (exact) mass is 374 g/mol. The molecule has 0 bridgehead atoms. The van der Waals surface area contributed by atoms with Gasteiger partial charge in [-0.1, -0.05) is 24.3 Å². The van der Waals surface area contributed by atoms with Crippen LogP contribution in [0.15, 0.2) is 48.5 Å². The molecular weight excluding hydrogens is 348 g/mol. The molecule has 1 fully saturated rings. The van der Waals surface area contributed by atoms with Crippen molar-refractivity contribution in [2.45, 2.75) is 31.0 Å². The zero-order valence-corrected chi connectivity index (χ0v) is 16.2. The van der Waals surface area contributed by atoms with Crippen LogP contribution in [0.2, 0.25) is 0 Å². The van der Waals surface area contributed by atoms with Gasteiger partial charge >= 0.3 is 0 Å². The Kier molecular flexibility index (Phi) is 6.83. The molecule has 26 heavy (non-hydrogen) atoms. The quantitative estimate of drug-likeness (QED) is 0.638. The molecule has 3 rings (SSSR count). The molecule has 0 saturated carbocycles. The van der Waals surface area contributed by atoms with E-state index in [4.69, 9.17) is 18.9 Å². The predicted octanol–water partition coefficient (Wildman–Crippen LogP) is 4.66. The third-order valence-corrected chi connectivity index (χ3v) is 5.94. The summed E-state index contributed by atoms with van der Waals surface area (Å²) in [6.45, 7) is 1.76. The third-order valence-electron chi connectivity index (χ3n) is 4.48. The summed E-state index contributed by atoms with van der Waals surface area (Å²) in [6.07, 6.45) is 2.19. The van der Waals surface area contributed by atoms with Crippen LogP contribution >= 0.6 is 11.8 Å². The number of hydrogen-bond donors (Lipinski definition) is 0. The van der Waals surface area contributed by atoms with Gasteiger partial charge < -0.3 is 18.9 Å². The van der Waals surface area contributed by atoms with Crippen molar-refractivity contribution in [2.75, 3.05) is 26.6 Å². The Morgan fingerprint density at radius 1 is 0.846 bits per heavy atom. The lowest BCUT2D eigenvalue weighted by Crippen LogP contribution is -2.31. The van der Waals surface area contributed by atoms with Crippen molar-refractivity contribution in [3.05, 3.63) is 59.7 Å². The maximum atomic E-state index is 6.30. The minimum atomic E-state index is -0.244. The molecule has 0 amide bonds. The summed E-state index contributed by atoms with van der Waals surface area (Å²) < 4.78 is 22.7. The fraction of sp³-hybridized carbons (Fsp3) is 0.429. The van der Waals surface area contributed by atoms with Gasteiger partial charge in [0.1, 0.15) is 16.4 Å². The second-order valence-electron chi connectivity index (χ2n) is 6.34. The molecule has 0 aromatic heterocycles. The molecule has 0 aliphatic carbocycles. The van der Waals surface area contributed by atoms with E-state index in [9.17, 15) is 0 Å². The number of rotatable bonds is 9. The van der Waals surface area contributed by atoms with Crippen LogP contribution in [-0.4, -0.2) is 31.5 Å². The van der Waals surface area contributed by atoms with Gasteiger partial charge in [-0.05, 0) is 54.0 Å². The van der Waals surface area contributed by atoms with Crippen molar-refractivity contribution in [2.24, 2.45) is 0 Å². The lowest BCUT2D eigenvalue weighted by molar-refractivity contribution is -0.0525. The molecule has 1 aliphatic rings. The number of thioether (sulfide) groups is 1. The van der Waals surface area contributed by atoms with Gasteiger partial charge in [-0.2, -0.15) is 0 Å². The minimum Gasteiger partial charge on any atom is -0.497 e. The highest BCUT2D eigenvalue weighted by Crippen LogP contribution is 2.40. The molecule has 4 nitrogen and oxygen atoms in total. The van der Waals surface area contributed by atoms with Crippen LogP contribution in [-0.2, 0) is 22.7 Å². The summed E-state index contributed by atoms with van der Waals surface area (Å²) in [6, 6.07) is 16.0. The largest absolute Gasteiger partial charge is 0.497 e. The maximum absolute atomic E-state index is 6.30. The summed E-state index contributed by atoms with van der Waals surface area (Å²) in [5.41, 5.74) is 2.28. The average molecular weight is 375 g/mol. The number of methoxy groups -OCH3 is 2. The highest BCUT2D eigenvalue weighted by Gasteiger charge is 2.36. The first-order valence-electron chi connectivity index (χ1n) is 8.84. The molecule has 1 atom stereocenters. The first-order valence-corrected chi connectivity index (χ1v) is 9.83. The van der Waals surface area contributed by atoms with Crippen LogP contribution in [0, 0.1) is 0 Å². The van der Waals surface area contributed by atoms with Crippen molar-refractivity contribution in [1.82, 2.24) is 0 Å². The van der Waals surface area contributed by atoms with E-state index in [1.165, 1.54) is 6.42 Å². The summed E-state index contributed by atoms with van der Waals surface area (Å²) in [7, 11) is 3.35. The van der Waals surface area contributed by atoms with E-state index in [-0.39, 0.29) is 4.93 Å². The number of hydrogen-bond acceptors (Lipinski definition) is 5. The molecule has 1 unspecified atom stereocenters. The highest BCUT2D eigenvalue weighted by molar-refractivity contribution is 8.00. The summed E-state index contributed by atoms with van der Waals surface area (Å²) in [4.78, 5) is -0.244. The fourth-order valence-corrected chi connectivity index (χ4v) is 4.18. The van der Waals surface area contributed by atoms with Crippen LogP contribution in [0.1, 0.15) is 24.0 Å². The molecule has 0 spiro atoms. The SMILES string of the molecule is COc1ccc(COCC2(OCc3ccc(OC)cc3)CCCS2)cc1. The second kappa shape index (κ2) is 9.31. The molecule has 2 aromatic carbocycles. The fourth-order valence-electron chi connectivity index (χ4n) is 2.92. The molecule has 2 aromatic rings. The minimum absolute atomic E-state index is 0.244. The highest BCUT2D eigenvalue weighted by atomic mass is 32.2. The third kappa shape index (κ3) is 5.16. The summed E-state index contributed by atoms with van der Waals surface area (Å²) in [5, 5.41) is 0. The van der Waals surface area contributed by atoms with Crippen LogP contribution in [0.5, 0.6) is 11.5 Å². The van der Waals surface area contributed by atoms with Crippen molar-refractivity contribution in [3.8, 4) is 11.5 Å². The zero-order valence-electron chi connectivity index (χ0n) is 15.4. The van der Waals surface area contributed by atoms with Crippen LogP contribution < -0.4 is 9.47 Å².